The topological polar surface area (TPSA) is 93.8 Å². The van der Waals surface area contributed by atoms with Crippen LogP contribution < -0.4 is 20.5 Å². The van der Waals surface area contributed by atoms with Gasteiger partial charge in [0.2, 0.25) is 0 Å². The van der Waals surface area contributed by atoms with Gasteiger partial charge in [0.25, 0.3) is 5.91 Å². The van der Waals surface area contributed by atoms with Gasteiger partial charge in [0.1, 0.15) is 5.75 Å². The molecule has 2 rings (SSSR count). The van der Waals surface area contributed by atoms with Crippen LogP contribution in [-0.2, 0) is 0 Å². The van der Waals surface area contributed by atoms with E-state index in [4.69, 9.17) is 15.2 Å². The van der Waals surface area contributed by atoms with Crippen molar-refractivity contribution in [1.82, 2.24) is 0 Å². The number of amides is 1. The van der Waals surface area contributed by atoms with Crippen molar-refractivity contribution in [2.75, 3.05) is 25.3 Å². The Labute approximate surface area is 122 Å². The molecule has 2 aromatic carbocycles. The van der Waals surface area contributed by atoms with E-state index in [1.807, 2.05) is 0 Å². The summed E-state index contributed by atoms with van der Waals surface area (Å²) in [6.07, 6.45) is 0. The van der Waals surface area contributed by atoms with Gasteiger partial charge >= 0.3 is 0 Å². The minimum absolute atomic E-state index is 0.0574. The molecule has 0 saturated heterocycles. The number of rotatable bonds is 4. The highest BCUT2D eigenvalue weighted by Crippen LogP contribution is 2.29. The van der Waals surface area contributed by atoms with Crippen LogP contribution in [0.5, 0.6) is 17.2 Å². The van der Waals surface area contributed by atoms with Crippen molar-refractivity contribution in [2.24, 2.45) is 0 Å². The number of aromatic hydroxyl groups is 1. The van der Waals surface area contributed by atoms with Crippen molar-refractivity contribution in [1.29, 1.82) is 0 Å². The first kappa shape index (κ1) is 14.5. The minimum Gasteiger partial charge on any atom is -0.504 e. The van der Waals surface area contributed by atoms with E-state index in [1.165, 1.54) is 20.3 Å². The molecule has 0 spiro atoms. The average Bonchev–Trinajstić information content (AvgIpc) is 2.47. The Kier molecular flexibility index (Phi) is 4.18. The molecule has 2 aromatic rings. The summed E-state index contributed by atoms with van der Waals surface area (Å²) in [5, 5.41) is 12.3. The van der Waals surface area contributed by atoms with E-state index >= 15 is 0 Å². The summed E-state index contributed by atoms with van der Waals surface area (Å²) in [5.41, 5.74) is 6.89. The zero-order valence-corrected chi connectivity index (χ0v) is 11.7. The van der Waals surface area contributed by atoms with Gasteiger partial charge in [0.15, 0.2) is 11.5 Å². The monoisotopic (exact) mass is 288 g/mol. The molecule has 0 bridgehead atoms. The standard InChI is InChI=1S/C15H16N2O4/c1-20-10-4-5-11(12(16)8-10)15(19)17-9-3-6-14(21-2)13(18)7-9/h3-8,18H,16H2,1-2H3,(H,17,19). The first-order valence-electron chi connectivity index (χ1n) is 6.17. The molecular weight excluding hydrogens is 272 g/mol. The summed E-state index contributed by atoms with van der Waals surface area (Å²) in [7, 11) is 2.97. The van der Waals surface area contributed by atoms with E-state index in [2.05, 4.69) is 5.32 Å². The largest absolute Gasteiger partial charge is 0.504 e. The van der Waals surface area contributed by atoms with Gasteiger partial charge in [-0.05, 0) is 24.3 Å². The maximum Gasteiger partial charge on any atom is 0.257 e. The molecule has 0 aliphatic rings. The van der Waals surface area contributed by atoms with Crippen molar-refractivity contribution in [2.45, 2.75) is 0 Å². The molecule has 1 amide bonds. The summed E-state index contributed by atoms with van der Waals surface area (Å²) in [4.78, 5) is 12.2. The van der Waals surface area contributed by atoms with Crippen LogP contribution in [0.4, 0.5) is 11.4 Å². The second kappa shape index (κ2) is 6.04. The number of hydrogen-bond donors (Lipinski definition) is 3. The van der Waals surface area contributed by atoms with Crippen molar-refractivity contribution < 1.29 is 19.4 Å². The predicted octanol–water partition coefficient (Wildman–Crippen LogP) is 2.24. The number of methoxy groups -OCH3 is 2. The summed E-state index contributed by atoms with van der Waals surface area (Å²) in [6.45, 7) is 0. The van der Waals surface area contributed by atoms with E-state index in [0.29, 0.717) is 28.4 Å². The number of phenols is 1. The number of benzene rings is 2. The van der Waals surface area contributed by atoms with Gasteiger partial charge in [0.05, 0.1) is 19.8 Å². The number of nitrogens with one attached hydrogen (secondary N) is 1. The Morgan fingerprint density at radius 3 is 2.48 bits per heavy atom. The third-order valence-electron chi connectivity index (χ3n) is 2.94. The van der Waals surface area contributed by atoms with Gasteiger partial charge in [-0.3, -0.25) is 4.79 Å². The van der Waals surface area contributed by atoms with Crippen molar-refractivity contribution >= 4 is 17.3 Å². The highest BCUT2D eigenvalue weighted by atomic mass is 16.5. The van der Waals surface area contributed by atoms with Crippen LogP contribution in [0.3, 0.4) is 0 Å². The Bertz CT molecular complexity index is 671. The molecule has 0 atom stereocenters. The molecular formula is C15H16N2O4. The summed E-state index contributed by atoms with van der Waals surface area (Å²) in [5.74, 6) is 0.473. The Morgan fingerprint density at radius 2 is 1.90 bits per heavy atom. The summed E-state index contributed by atoms with van der Waals surface area (Å²) in [6, 6.07) is 9.37. The lowest BCUT2D eigenvalue weighted by Crippen LogP contribution is -2.14. The highest BCUT2D eigenvalue weighted by molar-refractivity contribution is 6.08. The SMILES string of the molecule is COc1ccc(C(=O)Nc2ccc(OC)c(O)c2)c(N)c1. The Hall–Kier alpha value is -2.89. The number of anilines is 2. The average molecular weight is 288 g/mol. The molecule has 0 aromatic heterocycles. The normalized spacial score (nSPS) is 10.0. The number of ether oxygens (including phenoxy) is 2. The van der Waals surface area contributed by atoms with Crippen LogP contribution >= 0.6 is 0 Å². The van der Waals surface area contributed by atoms with E-state index in [0.717, 1.165) is 0 Å². The Balaban J connectivity index is 2.20. The third-order valence-corrected chi connectivity index (χ3v) is 2.94. The zero-order valence-electron chi connectivity index (χ0n) is 11.7. The van der Waals surface area contributed by atoms with Gasteiger partial charge < -0.3 is 25.6 Å². The van der Waals surface area contributed by atoms with Gasteiger partial charge in [-0.25, -0.2) is 0 Å². The number of nitrogen functional groups attached to an aromatic ring is 1. The lowest BCUT2D eigenvalue weighted by Gasteiger charge is -2.10. The predicted molar refractivity (Wildman–Crippen MR) is 80.0 cm³/mol. The molecule has 0 heterocycles. The quantitative estimate of drug-likeness (QED) is 0.750. The zero-order chi connectivity index (χ0) is 15.4. The highest BCUT2D eigenvalue weighted by Gasteiger charge is 2.12. The van der Waals surface area contributed by atoms with Crippen molar-refractivity contribution in [3.63, 3.8) is 0 Å². The fraction of sp³-hybridized carbons (Fsp3) is 0.133. The molecule has 0 aliphatic heterocycles. The van der Waals surface area contributed by atoms with Crippen molar-refractivity contribution in [3.8, 4) is 17.2 Å². The lowest BCUT2D eigenvalue weighted by atomic mass is 10.1. The van der Waals surface area contributed by atoms with Crippen LogP contribution in [-0.4, -0.2) is 25.2 Å². The van der Waals surface area contributed by atoms with Crippen LogP contribution in [0.25, 0.3) is 0 Å². The maximum atomic E-state index is 12.2. The number of nitrogens with two attached hydrogens (primary N) is 1. The fourth-order valence-corrected chi connectivity index (χ4v) is 1.84. The van der Waals surface area contributed by atoms with Gasteiger partial charge in [-0.2, -0.15) is 0 Å². The number of carbonyl (C=O) groups is 1. The van der Waals surface area contributed by atoms with Crippen molar-refractivity contribution in [3.05, 3.63) is 42.0 Å². The maximum absolute atomic E-state index is 12.2. The summed E-state index contributed by atoms with van der Waals surface area (Å²) >= 11 is 0. The number of hydrogen-bond acceptors (Lipinski definition) is 5. The first-order valence-corrected chi connectivity index (χ1v) is 6.17. The Morgan fingerprint density at radius 1 is 1.14 bits per heavy atom. The molecule has 0 saturated carbocycles. The molecule has 6 nitrogen and oxygen atoms in total. The van der Waals surface area contributed by atoms with Crippen LogP contribution in [0.15, 0.2) is 36.4 Å². The van der Waals surface area contributed by atoms with E-state index in [1.54, 1.807) is 30.3 Å². The second-order valence-corrected chi connectivity index (χ2v) is 4.29. The molecule has 4 N–H and O–H groups in total. The van der Waals surface area contributed by atoms with E-state index in [9.17, 15) is 9.90 Å². The molecule has 0 radical (unpaired) electrons. The first-order chi connectivity index (χ1) is 10.0. The second-order valence-electron chi connectivity index (χ2n) is 4.29. The van der Waals surface area contributed by atoms with E-state index in [-0.39, 0.29) is 11.7 Å². The van der Waals surface area contributed by atoms with E-state index < -0.39 is 0 Å². The molecule has 21 heavy (non-hydrogen) atoms. The number of carbonyl (C=O) groups excluding carboxylic acids is 1. The van der Waals surface area contributed by atoms with Crippen LogP contribution in [0, 0.1) is 0 Å². The van der Waals surface area contributed by atoms with Gasteiger partial charge in [0, 0.05) is 23.5 Å². The smallest absolute Gasteiger partial charge is 0.257 e. The molecule has 6 heteroatoms. The van der Waals surface area contributed by atoms with Gasteiger partial charge in [-0.1, -0.05) is 0 Å². The third kappa shape index (κ3) is 3.17. The minimum atomic E-state index is -0.375. The van der Waals surface area contributed by atoms with Gasteiger partial charge in [-0.15, -0.1) is 0 Å². The molecule has 0 fully saturated rings. The fourth-order valence-electron chi connectivity index (χ4n) is 1.84. The van der Waals surface area contributed by atoms with Crippen LogP contribution in [0.1, 0.15) is 10.4 Å². The molecule has 110 valence electrons. The lowest BCUT2D eigenvalue weighted by molar-refractivity contribution is 0.102. The number of phenolic OH excluding ortho intramolecular Hbond substituents is 1. The van der Waals surface area contributed by atoms with Crippen LogP contribution in [0.2, 0.25) is 0 Å². The molecule has 0 unspecified atom stereocenters. The molecule has 0 aliphatic carbocycles. The summed E-state index contributed by atoms with van der Waals surface area (Å²) < 4.78 is 9.97.